The van der Waals surface area contributed by atoms with Crippen molar-refractivity contribution < 1.29 is 14.8 Å². The zero-order valence-corrected chi connectivity index (χ0v) is 11.0. The van der Waals surface area contributed by atoms with E-state index < -0.39 is 5.41 Å². The van der Waals surface area contributed by atoms with Gasteiger partial charge in [0.15, 0.2) is 5.84 Å². The SMILES string of the molecule is CC(=O)Nc1cccc(NC(=O)C2(/C(N)=N/O)CC2)c1. The molecule has 0 aliphatic heterocycles. The molecule has 1 aliphatic carbocycles. The summed E-state index contributed by atoms with van der Waals surface area (Å²) in [6.45, 7) is 1.41. The number of amidine groups is 1. The molecule has 1 aliphatic rings. The Morgan fingerprint density at radius 3 is 2.40 bits per heavy atom. The van der Waals surface area contributed by atoms with E-state index in [1.165, 1.54) is 6.92 Å². The maximum atomic E-state index is 12.2. The highest BCUT2D eigenvalue weighted by Gasteiger charge is 2.54. The number of carbonyl (C=O) groups is 2. The lowest BCUT2D eigenvalue weighted by Gasteiger charge is -2.14. The van der Waals surface area contributed by atoms with Crippen molar-refractivity contribution >= 4 is 29.0 Å². The van der Waals surface area contributed by atoms with Gasteiger partial charge in [-0.3, -0.25) is 9.59 Å². The standard InChI is InChI=1S/C13H16N4O3/c1-8(18)15-9-3-2-4-10(7-9)16-12(19)13(5-6-13)11(14)17-20/h2-4,7,20H,5-6H2,1H3,(H2,14,17)(H,15,18)(H,16,19). The lowest BCUT2D eigenvalue weighted by Crippen LogP contribution is -2.36. The minimum Gasteiger partial charge on any atom is -0.409 e. The van der Waals surface area contributed by atoms with E-state index in [2.05, 4.69) is 15.8 Å². The minimum atomic E-state index is -0.904. The van der Waals surface area contributed by atoms with Crippen LogP contribution in [-0.2, 0) is 9.59 Å². The molecule has 0 saturated heterocycles. The first-order valence-corrected chi connectivity index (χ1v) is 6.15. The average Bonchev–Trinajstić information content (AvgIpc) is 3.19. The number of rotatable bonds is 4. The molecule has 0 spiro atoms. The molecule has 0 atom stereocenters. The number of hydrogen-bond acceptors (Lipinski definition) is 4. The number of hydrogen-bond donors (Lipinski definition) is 4. The first-order valence-electron chi connectivity index (χ1n) is 6.15. The van der Waals surface area contributed by atoms with Gasteiger partial charge in [-0.2, -0.15) is 0 Å². The summed E-state index contributed by atoms with van der Waals surface area (Å²) in [6.07, 6.45) is 1.11. The molecule has 5 N–H and O–H groups in total. The summed E-state index contributed by atoms with van der Waals surface area (Å²) in [6, 6.07) is 6.77. The Balaban J connectivity index is 2.11. The maximum absolute atomic E-state index is 12.2. The summed E-state index contributed by atoms with van der Waals surface area (Å²) in [7, 11) is 0. The Morgan fingerprint density at radius 2 is 1.90 bits per heavy atom. The van der Waals surface area contributed by atoms with Crippen molar-refractivity contribution in [2.75, 3.05) is 10.6 Å². The third-order valence-corrected chi connectivity index (χ3v) is 3.22. The number of carbonyl (C=O) groups excluding carboxylic acids is 2. The zero-order valence-electron chi connectivity index (χ0n) is 11.0. The molecular weight excluding hydrogens is 260 g/mol. The lowest BCUT2D eigenvalue weighted by molar-refractivity contribution is -0.119. The second kappa shape index (κ2) is 5.20. The van der Waals surface area contributed by atoms with E-state index in [9.17, 15) is 9.59 Å². The number of oxime groups is 1. The predicted octanol–water partition coefficient (Wildman–Crippen LogP) is 1.11. The number of amides is 2. The van der Waals surface area contributed by atoms with E-state index in [0.717, 1.165) is 0 Å². The highest BCUT2D eigenvalue weighted by Crippen LogP contribution is 2.46. The first kappa shape index (κ1) is 13.9. The van der Waals surface area contributed by atoms with Gasteiger partial charge in [-0.1, -0.05) is 11.2 Å². The lowest BCUT2D eigenvalue weighted by atomic mass is 10.1. The van der Waals surface area contributed by atoms with Crippen LogP contribution in [0.2, 0.25) is 0 Å². The Labute approximate surface area is 115 Å². The third kappa shape index (κ3) is 2.71. The molecule has 7 heteroatoms. The fourth-order valence-corrected chi connectivity index (χ4v) is 1.95. The van der Waals surface area contributed by atoms with Crippen molar-refractivity contribution in [2.45, 2.75) is 19.8 Å². The molecule has 0 heterocycles. The first-order chi connectivity index (χ1) is 9.48. The monoisotopic (exact) mass is 276 g/mol. The van der Waals surface area contributed by atoms with Gasteiger partial charge in [-0.15, -0.1) is 0 Å². The van der Waals surface area contributed by atoms with Crippen molar-refractivity contribution in [2.24, 2.45) is 16.3 Å². The van der Waals surface area contributed by atoms with Gasteiger partial charge >= 0.3 is 0 Å². The van der Waals surface area contributed by atoms with E-state index in [0.29, 0.717) is 24.2 Å². The molecule has 2 amide bonds. The van der Waals surface area contributed by atoms with Gasteiger partial charge in [0, 0.05) is 18.3 Å². The summed E-state index contributed by atoms with van der Waals surface area (Å²) < 4.78 is 0. The molecule has 0 radical (unpaired) electrons. The fourth-order valence-electron chi connectivity index (χ4n) is 1.95. The van der Waals surface area contributed by atoms with Gasteiger partial charge in [0.25, 0.3) is 0 Å². The predicted molar refractivity (Wildman–Crippen MR) is 74.5 cm³/mol. The van der Waals surface area contributed by atoms with E-state index in [1.807, 2.05) is 0 Å². The molecule has 1 fully saturated rings. The van der Waals surface area contributed by atoms with Crippen LogP contribution in [0.5, 0.6) is 0 Å². The average molecular weight is 276 g/mol. The van der Waals surface area contributed by atoms with Crippen molar-refractivity contribution in [1.29, 1.82) is 0 Å². The fraction of sp³-hybridized carbons (Fsp3) is 0.308. The summed E-state index contributed by atoms with van der Waals surface area (Å²) >= 11 is 0. The van der Waals surface area contributed by atoms with Crippen LogP contribution in [0.15, 0.2) is 29.4 Å². The van der Waals surface area contributed by atoms with Crippen LogP contribution in [0.3, 0.4) is 0 Å². The number of nitrogens with one attached hydrogen (secondary N) is 2. The normalized spacial score (nSPS) is 16.4. The molecule has 0 aromatic heterocycles. The molecule has 1 aromatic rings. The van der Waals surface area contributed by atoms with Gasteiger partial charge < -0.3 is 21.6 Å². The molecule has 0 unspecified atom stereocenters. The number of nitrogens with two attached hydrogens (primary N) is 1. The largest absolute Gasteiger partial charge is 0.409 e. The Hall–Kier alpha value is -2.57. The van der Waals surface area contributed by atoms with Crippen LogP contribution in [0, 0.1) is 5.41 Å². The summed E-state index contributed by atoms with van der Waals surface area (Å²) in [5, 5.41) is 17.0. The van der Waals surface area contributed by atoms with Crippen molar-refractivity contribution in [3.8, 4) is 0 Å². The van der Waals surface area contributed by atoms with Gasteiger partial charge in [0.1, 0.15) is 5.41 Å². The Morgan fingerprint density at radius 1 is 1.30 bits per heavy atom. The van der Waals surface area contributed by atoms with Crippen LogP contribution >= 0.6 is 0 Å². The van der Waals surface area contributed by atoms with Crippen molar-refractivity contribution in [3.05, 3.63) is 24.3 Å². The van der Waals surface area contributed by atoms with Crippen molar-refractivity contribution in [3.63, 3.8) is 0 Å². The van der Waals surface area contributed by atoms with Crippen molar-refractivity contribution in [1.82, 2.24) is 0 Å². The number of benzene rings is 1. The van der Waals surface area contributed by atoms with Gasteiger partial charge in [-0.05, 0) is 31.0 Å². The number of anilines is 2. The van der Waals surface area contributed by atoms with Gasteiger partial charge in [0.2, 0.25) is 11.8 Å². The minimum absolute atomic E-state index is 0.0759. The van der Waals surface area contributed by atoms with Crippen LogP contribution < -0.4 is 16.4 Å². The van der Waals surface area contributed by atoms with E-state index in [4.69, 9.17) is 10.9 Å². The third-order valence-electron chi connectivity index (χ3n) is 3.22. The summed E-state index contributed by atoms with van der Waals surface area (Å²) in [4.78, 5) is 23.1. The van der Waals surface area contributed by atoms with E-state index in [1.54, 1.807) is 24.3 Å². The molecule has 2 rings (SSSR count). The van der Waals surface area contributed by atoms with Crippen LogP contribution in [0.4, 0.5) is 11.4 Å². The molecule has 1 aromatic carbocycles. The molecule has 7 nitrogen and oxygen atoms in total. The van der Waals surface area contributed by atoms with Crippen LogP contribution in [0.25, 0.3) is 0 Å². The summed E-state index contributed by atoms with van der Waals surface area (Å²) in [5.74, 6) is -0.579. The quantitative estimate of drug-likeness (QED) is 0.285. The van der Waals surface area contributed by atoms with Gasteiger partial charge in [0.05, 0.1) is 0 Å². The molecule has 0 bridgehead atoms. The summed E-state index contributed by atoms with van der Waals surface area (Å²) in [5.41, 5.74) is 5.77. The molecule has 20 heavy (non-hydrogen) atoms. The topological polar surface area (TPSA) is 117 Å². The second-order valence-electron chi connectivity index (χ2n) is 4.78. The van der Waals surface area contributed by atoms with E-state index >= 15 is 0 Å². The zero-order chi connectivity index (χ0) is 14.8. The Bertz CT molecular complexity index is 579. The van der Waals surface area contributed by atoms with Crippen LogP contribution in [-0.4, -0.2) is 22.9 Å². The second-order valence-corrected chi connectivity index (χ2v) is 4.78. The number of nitrogens with zero attached hydrogens (tertiary/aromatic N) is 1. The maximum Gasteiger partial charge on any atom is 0.238 e. The Kier molecular flexibility index (Phi) is 3.60. The van der Waals surface area contributed by atoms with Gasteiger partial charge in [-0.25, -0.2) is 0 Å². The highest BCUT2D eigenvalue weighted by molar-refractivity contribution is 6.14. The molecular formula is C13H16N4O3. The highest BCUT2D eigenvalue weighted by atomic mass is 16.4. The smallest absolute Gasteiger partial charge is 0.238 e. The van der Waals surface area contributed by atoms with Crippen LogP contribution in [0.1, 0.15) is 19.8 Å². The molecule has 106 valence electrons. The van der Waals surface area contributed by atoms with E-state index in [-0.39, 0.29) is 17.6 Å². The molecule has 1 saturated carbocycles.